The first-order valence-electron chi connectivity index (χ1n) is 3.99. The molecule has 0 aliphatic rings. The van der Waals surface area contributed by atoms with Crippen molar-refractivity contribution < 1.29 is 14.2 Å². The molecule has 1 atom stereocenters. The Kier molecular flexibility index (Phi) is 3.82. The van der Waals surface area contributed by atoms with E-state index in [1.165, 1.54) is 6.07 Å². The predicted molar refractivity (Wildman–Crippen MR) is 46.3 cm³/mol. The number of rotatable bonds is 4. The summed E-state index contributed by atoms with van der Waals surface area (Å²) in [5, 5.41) is 8.56. The highest BCUT2D eigenvalue weighted by molar-refractivity contribution is 5.17. The van der Waals surface area contributed by atoms with Crippen LogP contribution in [0, 0.1) is 5.82 Å². The van der Waals surface area contributed by atoms with Crippen LogP contribution >= 0.6 is 0 Å². The summed E-state index contributed by atoms with van der Waals surface area (Å²) >= 11 is 0. The van der Waals surface area contributed by atoms with Crippen LogP contribution in [0.5, 0.6) is 0 Å². The molecule has 0 saturated carbocycles. The molecule has 0 fully saturated rings. The van der Waals surface area contributed by atoms with E-state index in [-0.39, 0.29) is 12.4 Å². The van der Waals surface area contributed by atoms with E-state index < -0.39 is 6.41 Å². The average molecular weight is 185 g/mol. The lowest BCUT2D eigenvalue weighted by atomic mass is 10.1. The van der Waals surface area contributed by atoms with E-state index in [2.05, 4.69) is 4.74 Å². The maximum absolute atomic E-state index is 13.0. The molecular weight excluding hydrogens is 173 g/mol. The Balaban J connectivity index is 2.41. The highest BCUT2D eigenvalue weighted by atomic mass is 19.1. The molecule has 0 saturated heterocycles. The van der Waals surface area contributed by atoms with Crippen LogP contribution in [-0.2, 0) is 11.2 Å². The minimum atomic E-state index is -1.29. The van der Waals surface area contributed by atoms with Crippen molar-refractivity contribution in [2.75, 3.05) is 6.61 Å². The molecule has 0 bridgehead atoms. The molecule has 0 heterocycles. The molecule has 1 aromatic rings. The Hall–Kier alpha value is -0.970. The third kappa shape index (κ3) is 3.50. The highest BCUT2D eigenvalue weighted by Crippen LogP contribution is 2.06. The summed E-state index contributed by atoms with van der Waals surface area (Å²) < 4.78 is 17.6. The first-order valence-corrected chi connectivity index (χ1v) is 3.99. The summed E-state index contributed by atoms with van der Waals surface area (Å²) in [5.74, 6) is -0.266. The molecule has 3 nitrogen and oxygen atoms in total. The van der Waals surface area contributed by atoms with Crippen molar-refractivity contribution in [3.8, 4) is 0 Å². The van der Waals surface area contributed by atoms with Crippen LogP contribution in [0.4, 0.5) is 4.39 Å². The van der Waals surface area contributed by atoms with Gasteiger partial charge in [-0.3, -0.25) is 5.73 Å². The Bertz CT molecular complexity index is 266. The minimum Gasteiger partial charge on any atom is -0.356 e. The summed E-state index contributed by atoms with van der Waals surface area (Å²) in [7, 11) is 0. The van der Waals surface area contributed by atoms with E-state index in [0.29, 0.717) is 12.0 Å². The fourth-order valence-corrected chi connectivity index (χ4v) is 0.991. The van der Waals surface area contributed by atoms with Gasteiger partial charge in [-0.15, -0.1) is 0 Å². The van der Waals surface area contributed by atoms with Crippen molar-refractivity contribution in [2.45, 2.75) is 12.8 Å². The lowest BCUT2D eigenvalue weighted by Crippen LogP contribution is -2.23. The number of halogens is 1. The Labute approximate surface area is 75.9 Å². The van der Waals surface area contributed by atoms with E-state index in [0.717, 1.165) is 0 Å². The van der Waals surface area contributed by atoms with Gasteiger partial charge in [0.05, 0.1) is 6.61 Å². The van der Waals surface area contributed by atoms with Crippen molar-refractivity contribution in [3.63, 3.8) is 0 Å². The van der Waals surface area contributed by atoms with E-state index in [1.807, 2.05) is 0 Å². The number of benzene rings is 1. The van der Waals surface area contributed by atoms with Crippen LogP contribution in [0.25, 0.3) is 0 Å². The number of ether oxygens (including phenoxy) is 1. The quantitative estimate of drug-likeness (QED) is 0.676. The number of nitrogens with two attached hydrogens (primary N) is 1. The van der Waals surface area contributed by atoms with Crippen LogP contribution in [0.15, 0.2) is 24.3 Å². The lowest BCUT2D eigenvalue weighted by Gasteiger charge is -2.06. The molecule has 0 spiro atoms. The SMILES string of the molecule is NC(O)OCCc1ccccc1F. The zero-order valence-corrected chi connectivity index (χ0v) is 7.11. The largest absolute Gasteiger partial charge is 0.356 e. The number of hydrogen-bond donors (Lipinski definition) is 2. The third-order valence-electron chi connectivity index (χ3n) is 1.62. The van der Waals surface area contributed by atoms with E-state index in [4.69, 9.17) is 10.8 Å². The highest BCUT2D eigenvalue weighted by Gasteiger charge is 2.01. The third-order valence-corrected chi connectivity index (χ3v) is 1.62. The Morgan fingerprint density at radius 2 is 2.15 bits per heavy atom. The number of hydrogen-bond acceptors (Lipinski definition) is 3. The Morgan fingerprint density at radius 1 is 1.46 bits per heavy atom. The molecule has 1 rings (SSSR count). The predicted octanol–water partition coefficient (Wildman–Crippen LogP) is 0.619. The van der Waals surface area contributed by atoms with Crippen molar-refractivity contribution in [1.29, 1.82) is 0 Å². The van der Waals surface area contributed by atoms with E-state index in [1.54, 1.807) is 18.2 Å². The van der Waals surface area contributed by atoms with Gasteiger partial charge in [-0.05, 0) is 18.1 Å². The molecule has 0 aliphatic heterocycles. The van der Waals surface area contributed by atoms with Crippen molar-refractivity contribution in [2.24, 2.45) is 5.73 Å². The molecule has 1 unspecified atom stereocenters. The standard InChI is InChI=1S/C9H12FNO2/c10-8-4-2-1-3-7(8)5-6-13-9(11)12/h1-4,9,12H,5-6,11H2. The molecule has 1 aromatic carbocycles. The summed E-state index contributed by atoms with van der Waals surface area (Å²) in [4.78, 5) is 0. The van der Waals surface area contributed by atoms with Gasteiger partial charge in [0.2, 0.25) is 6.41 Å². The molecular formula is C9H12FNO2. The van der Waals surface area contributed by atoms with Gasteiger partial charge in [0, 0.05) is 0 Å². The van der Waals surface area contributed by atoms with Gasteiger partial charge in [0.25, 0.3) is 0 Å². The molecule has 0 aliphatic carbocycles. The Morgan fingerprint density at radius 3 is 2.77 bits per heavy atom. The second-order valence-corrected chi connectivity index (χ2v) is 2.60. The fourth-order valence-electron chi connectivity index (χ4n) is 0.991. The van der Waals surface area contributed by atoms with E-state index >= 15 is 0 Å². The molecule has 72 valence electrons. The van der Waals surface area contributed by atoms with Gasteiger partial charge in [0.15, 0.2) is 0 Å². The van der Waals surface area contributed by atoms with Gasteiger partial charge < -0.3 is 9.84 Å². The normalized spacial score (nSPS) is 12.8. The summed E-state index contributed by atoms with van der Waals surface area (Å²) in [5.41, 5.74) is 5.49. The topological polar surface area (TPSA) is 55.5 Å². The molecule has 4 heteroatoms. The molecule has 0 radical (unpaired) electrons. The summed E-state index contributed by atoms with van der Waals surface area (Å²) in [6.07, 6.45) is -0.882. The zero-order chi connectivity index (χ0) is 9.68. The first kappa shape index (κ1) is 10.1. The fraction of sp³-hybridized carbons (Fsp3) is 0.333. The maximum atomic E-state index is 13.0. The second kappa shape index (κ2) is 4.91. The van der Waals surface area contributed by atoms with Crippen LogP contribution in [-0.4, -0.2) is 18.1 Å². The van der Waals surface area contributed by atoms with E-state index in [9.17, 15) is 4.39 Å². The zero-order valence-electron chi connectivity index (χ0n) is 7.11. The van der Waals surface area contributed by atoms with Crippen molar-refractivity contribution in [1.82, 2.24) is 0 Å². The van der Waals surface area contributed by atoms with Crippen molar-refractivity contribution >= 4 is 0 Å². The van der Waals surface area contributed by atoms with Gasteiger partial charge in [-0.1, -0.05) is 18.2 Å². The molecule has 3 N–H and O–H groups in total. The van der Waals surface area contributed by atoms with Gasteiger partial charge >= 0.3 is 0 Å². The molecule has 13 heavy (non-hydrogen) atoms. The smallest absolute Gasteiger partial charge is 0.210 e. The molecule has 0 amide bonds. The summed E-state index contributed by atoms with van der Waals surface area (Å²) in [6, 6.07) is 6.42. The van der Waals surface area contributed by atoms with Crippen LogP contribution in [0.2, 0.25) is 0 Å². The first-order chi connectivity index (χ1) is 6.20. The van der Waals surface area contributed by atoms with Gasteiger partial charge in [-0.25, -0.2) is 4.39 Å². The van der Waals surface area contributed by atoms with Crippen LogP contribution in [0.3, 0.4) is 0 Å². The average Bonchev–Trinajstić information content (AvgIpc) is 2.08. The van der Waals surface area contributed by atoms with Crippen molar-refractivity contribution in [3.05, 3.63) is 35.6 Å². The van der Waals surface area contributed by atoms with Crippen LogP contribution < -0.4 is 5.73 Å². The molecule has 0 aromatic heterocycles. The monoisotopic (exact) mass is 185 g/mol. The number of aliphatic hydroxyl groups excluding tert-OH is 1. The van der Waals surface area contributed by atoms with Crippen LogP contribution in [0.1, 0.15) is 5.56 Å². The lowest BCUT2D eigenvalue weighted by molar-refractivity contribution is -0.0927. The maximum Gasteiger partial charge on any atom is 0.210 e. The number of aliphatic hydroxyl groups is 1. The summed E-state index contributed by atoms with van der Waals surface area (Å²) in [6.45, 7) is 0.207. The second-order valence-electron chi connectivity index (χ2n) is 2.60. The minimum absolute atomic E-state index is 0.207. The van der Waals surface area contributed by atoms with Gasteiger partial charge in [-0.2, -0.15) is 0 Å². The van der Waals surface area contributed by atoms with Gasteiger partial charge in [0.1, 0.15) is 5.82 Å².